The summed E-state index contributed by atoms with van der Waals surface area (Å²) in [5.41, 5.74) is 2.78. The molecule has 19 heavy (non-hydrogen) atoms. The van der Waals surface area contributed by atoms with Crippen LogP contribution in [0, 0.1) is 19.8 Å². The third-order valence-electron chi connectivity index (χ3n) is 4.02. The van der Waals surface area contributed by atoms with E-state index in [2.05, 4.69) is 0 Å². The number of ether oxygens (including phenoxy) is 1. The number of Topliss-reactive ketones (excluding diaryl/α,β-unsaturated/α-hetero) is 1. The van der Waals surface area contributed by atoms with Crippen molar-refractivity contribution in [2.24, 2.45) is 5.92 Å². The van der Waals surface area contributed by atoms with Crippen molar-refractivity contribution in [1.29, 1.82) is 0 Å². The average molecular weight is 262 g/mol. The molecule has 1 aliphatic carbocycles. The van der Waals surface area contributed by atoms with Crippen LogP contribution in [0.15, 0.2) is 12.1 Å². The second-order valence-corrected chi connectivity index (χ2v) is 5.51. The zero-order chi connectivity index (χ0) is 14.0. The fraction of sp³-hybridized carbons (Fsp3) is 0.562. The van der Waals surface area contributed by atoms with Gasteiger partial charge in [0, 0.05) is 11.5 Å². The number of ketones is 1. The van der Waals surface area contributed by atoms with Crippen LogP contribution in [0.4, 0.5) is 0 Å². The smallest absolute Gasteiger partial charge is 0.165 e. The lowest BCUT2D eigenvalue weighted by Crippen LogP contribution is -2.24. The number of aryl methyl sites for hydroxylation is 2. The molecule has 0 saturated heterocycles. The molecule has 0 aromatic heterocycles. The van der Waals surface area contributed by atoms with Crippen LogP contribution in [0.2, 0.25) is 0 Å². The Kier molecular flexibility index (Phi) is 4.25. The Morgan fingerprint density at radius 2 is 1.68 bits per heavy atom. The summed E-state index contributed by atoms with van der Waals surface area (Å²) in [5.74, 6) is 1.13. The molecular formula is C16H22O3. The van der Waals surface area contributed by atoms with E-state index in [1.54, 1.807) is 7.11 Å². The van der Waals surface area contributed by atoms with Crippen LogP contribution in [-0.2, 0) is 0 Å². The van der Waals surface area contributed by atoms with E-state index in [1.807, 2.05) is 26.0 Å². The quantitative estimate of drug-likeness (QED) is 0.852. The van der Waals surface area contributed by atoms with Gasteiger partial charge in [0.15, 0.2) is 5.78 Å². The zero-order valence-corrected chi connectivity index (χ0v) is 11.9. The first-order valence-electron chi connectivity index (χ1n) is 6.90. The standard InChI is InChI=1S/C16H22O3/c1-10-8-13(9-11(2)16(10)19-3)15(18)12-4-6-14(17)7-5-12/h8-9,12,14,17H,4-7H2,1-3H3. The van der Waals surface area contributed by atoms with Crippen LogP contribution in [0.1, 0.15) is 47.2 Å². The predicted molar refractivity (Wildman–Crippen MR) is 74.8 cm³/mol. The molecule has 0 atom stereocenters. The predicted octanol–water partition coefficient (Wildman–Crippen LogP) is 3.05. The van der Waals surface area contributed by atoms with Gasteiger partial charge in [-0.05, 0) is 62.8 Å². The molecule has 1 aliphatic rings. The van der Waals surface area contributed by atoms with Gasteiger partial charge in [-0.25, -0.2) is 0 Å². The van der Waals surface area contributed by atoms with Gasteiger partial charge in [-0.3, -0.25) is 4.79 Å². The first-order valence-corrected chi connectivity index (χ1v) is 6.90. The molecule has 1 aromatic rings. The van der Waals surface area contributed by atoms with Crippen molar-refractivity contribution in [3.8, 4) is 5.75 Å². The van der Waals surface area contributed by atoms with E-state index < -0.39 is 0 Å². The summed E-state index contributed by atoms with van der Waals surface area (Å²) in [6.07, 6.45) is 2.85. The Labute approximate surface area is 114 Å². The molecule has 0 aliphatic heterocycles. The monoisotopic (exact) mass is 262 g/mol. The van der Waals surface area contributed by atoms with Gasteiger partial charge in [-0.2, -0.15) is 0 Å². The second kappa shape index (κ2) is 5.74. The Hall–Kier alpha value is -1.35. The van der Waals surface area contributed by atoms with Gasteiger partial charge in [0.2, 0.25) is 0 Å². The van der Waals surface area contributed by atoms with E-state index in [0.29, 0.717) is 0 Å². The van der Waals surface area contributed by atoms with Crippen molar-refractivity contribution in [1.82, 2.24) is 0 Å². The lowest BCUT2D eigenvalue weighted by atomic mass is 9.82. The maximum Gasteiger partial charge on any atom is 0.165 e. The molecule has 0 radical (unpaired) electrons. The summed E-state index contributed by atoms with van der Waals surface area (Å²) in [4.78, 5) is 12.5. The Balaban J connectivity index is 2.20. The van der Waals surface area contributed by atoms with Crippen LogP contribution < -0.4 is 4.74 Å². The molecule has 1 fully saturated rings. The van der Waals surface area contributed by atoms with Gasteiger partial charge < -0.3 is 9.84 Å². The lowest BCUT2D eigenvalue weighted by molar-refractivity contribution is 0.0764. The highest BCUT2D eigenvalue weighted by atomic mass is 16.5. The third-order valence-corrected chi connectivity index (χ3v) is 4.02. The largest absolute Gasteiger partial charge is 0.496 e. The molecule has 1 N–H and O–H groups in total. The van der Waals surface area contributed by atoms with E-state index in [9.17, 15) is 9.90 Å². The fourth-order valence-electron chi connectivity index (χ4n) is 2.99. The lowest BCUT2D eigenvalue weighted by Gasteiger charge is -2.24. The summed E-state index contributed by atoms with van der Waals surface area (Å²) in [6, 6.07) is 3.83. The molecule has 0 spiro atoms. The first kappa shape index (κ1) is 14.1. The molecule has 0 heterocycles. The Morgan fingerprint density at radius 1 is 1.16 bits per heavy atom. The van der Waals surface area contributed by atoms with Gasteiger partial charge in [0.25, 0.3) is 0 Å². The van der Waals surface area contributed by atoms with Gasteiger partial charge >= 0.3 is 0 Å². The number of carbonyl (C=O) groups is 1. The average Bonchev–Trinajstić information content (AvgIpc) is 2.38. The van der Waals surface area contributed by atoms with Gasteiger partial charge in [-0.1, -0.05) is 0 Å². The summed E-state index contributed by atoms with van der Waals surface area (Å²) < 4.78 is 5.33. The highest BCUT2D eigenvalue weighted by Gasteiger charge is 2.26. The molecule has 0 bridgehead atoms. The van der Waals surface area contributed by atoms with Crippen LogP contribution in [0.25, 0.3) is 0 Å². The fourth-order valence-corrected chi connectivity index (χ4v) is 2.99. The number of methoxy groups -OCH3 is 1. The van der Waals surface area contributed by atoms with Crippen molar-refractivity contribution < 1.29 is 14.6 Å². The molecule has 0 amide bonds. The van der Waals surface area contributed by atoms with Crippen LogP contribution in [0.3, 0.4) is 0 Å². The van der Waals surface area contributed by atoms with Crippen molar-refractivity contribution in [2.45, 2.75) is 45.6 Å². The molecule has 104 valence electrons. The Morgan fingerprint density at radius 3 is 2.16 bits per heavy atom. The van der Waals surface area contributed by atoms with Crippen LogP contribution >= 0.6 is 0 Å². The maximum absolute atomic E-state index is 12.5. The van der Waals surface area contributed by atoms with Gasteiger partial charge in [0.1, 0.15) is 5.75 Å². The Bertz CT molecular complexity index is 448. The molecule has 3 nitrogen and oxygen atoms in total. The minimum atomic E-state index is -0.219. The number of aliphatic hydroxyl groups is 1. The maximum atomic E-state index is 12.5. The number of aliphatic hydroxyl groups excluding tert-OH is 1. The van der Waals surface area contributed by atoms with Gasteiger partial charge in [-0.15, -0.1) is 0 Å². The third kappa shape index (κ3) is 2.98. The van der Waals surface area contributed by atoms with E-state index >= 15 is 0 Å². The highest BCUT2D eigenvalue weighted by Crippen LogP contribution is 2.30. The summed E-state index contributed by atoms with van der Waals surface area (Å²) in [7, 11) is 1.65. The van der Waals surface area contributed by atoms with E-state index in [4.69, 9.17) is 4.74 Å². The second-order valence-electron chi connectivity index (χ2n) is 5.51. The molecule has 1 aromatic carbocycles. The summed E-state index contributed by atoms with van der Waals surface area (Å²) in [6.45, 7) is 3.93. The summed E-state index contributed by atoms with van der Waals surface area (Å²) in [5, 5.41) is 9.51. The molecule has 2 rings (SSSR count). The van der Waals surface area contributed by atoms with E-state index in [1.165, 1.54) is 0 Å². The van der Waals surface area contributed by atoms with E-state index in [0.717, 1.165) is 48.1 Å². The van der Waals surface area contributed by atoms with Crippen LogP contribution in [-0.4, -0.2) is 24.1 Å². The number of rotatable bonds is 3. The zero-order valence-electron chi connectivity index (χ0n) is 11.9. The van der Waals surface area contributed by atoms with E-state index in [-0.39, 0.29) is 17.8 Å². The molecule has 1 saturated carbocycles. The molecule has 3 heteroatoms. The minimum absolute atomic E-state index is 0.0654. The topological polar surface area (TPSA) is 46.5 Å². The SMILES string of the molecule is COc1c(C)cc(C(=O)C2CCC(O)CC2)cc1C. The molecular weight excluding hydrogens is 240 g/mol. The van der Waals surface area contributed by atoms with Crippen molar-refractivity contribution in [3.05, 3.63) is 28.8 Å². The van der Waals surface area contributed by atoms with Gasteiger partial charge in [0.05, 0.1) is 13.2 Å². The first-order chi connectivity index (χ1) is 9.02. The number of hydrogen-bond acceptors (Lipinski definition) is 3. The highest BCUT2D eigenvalue weighted by molar-refractivity contribution is 5.98. The number of carbonyl (C=O) groups excluding carboxylic acids is 1. The number of benzene rings is 1. The van der Waals surface area contributed by atoms with Crippen molar-refractivity contribution >= 4 is 5.78 Å². The number of hydrogen-bond donors (Lipinski definition) is 1. The molecule has 0 unspecified atom stereocenters. The van der Waals surface area contributed by atoms with Crippen molar-refractivity contribution in [3.63, 3.8) is 0 Å². The normalized spacial score (nSPS) is 23.2. The summed E-state index contributed by atoms with van der Waals surface area (Å²) >= 11 is 0. The van der Waals surface area contributed by atoms with Crippen molar-refractivity contribution in [2.75, 3.05) is 7.11 Å². The van der Waals surface area contributed by atoms with Crippen LogP contribution in [0.5, 0.6) is 5.75 Å². The minimum Gasteiger partial charge on any atom is -0.496 e.